The van der Waals surface area contributed by atoms with Crippen molar-refractivity contribution in [2.24, 2.45) is 10.8 Å². The van der Waals surface area contributed by atoms with E-state index in [1.807, 2.05) is 36.2 Å². The SMILES string of the molecule is COC(=O)[C@]12CN(C3CCC3)C[C@](C(=O)OC)(C1=O)[C@@H](c1ccccn1)N(C)[C@H]2c1ccccn1. The summed E-state index contributed by atoms with van der Waals surface area (Å²) in [5, 5.41) is 0. The molecule has 35 heavy (non-hydrogen) atoms. The zero-order chi connectivity index (χ0) is 24.8. The van der Waals surface area contributed by atoms with Crippen LogP contribution in [0.2, 0.25) is 0 Å². The van der Waals surface area contributed by atoms with Crippen molar-refractivity contribution >= 4 is 17.7 Å². The average molecular weight is 479 g/mol. The molecular formula is C26H30N4O5. The lowest BCUT2D eigenvalue weighted by Gasteiger charge is -2.62. The van der Waals surface area contributed by atoms with Gasteiger partial charge in [-0.3, -0.25) is 34.2 Å². The van der Waals surface area contributed by atoms with E-state index < -0.39 is 40.6 Å². The molecule has 0 amide bonds. The van der Waals surface area contributed by atoms with Gasteiger partial charge in [0.15, 0.2) is 16.6 Å². The number of ether oxygens (including phenoxy) is 2. The first-order valence-electron chi connectivity index (χ1n) is 11.9. The van der Waals surface area contributed by atoms with Gasteiger partial charge in [0.05, 0.1) is 37.7 Å². The van der Waals surface area contributed by atoms with Crippen molar-refractivity contribution < 1.29 is 23.9 Å². The molecular weight excluding hydrogens is 448 g/mol. The van der Waals surface area contributed by atoms with Gasteiger partial charge in [0.25, 0.3) is 0 Å². The van der Waals surface area contributed by atoms with E-state index in [2.05, 4.69) is 14.9 Å². The number of pyridine rings is 2. The molecule has 0 aromatic carbocycles. The zero-order valence-electron chi connectivity index (χ0n) is 20.2. The van der Waals surface area contributed by atoms with Crippen LogP contribution in [0.15, 0.2) is 48.8 Å². The Hall–Kier alpha value is -3.17. The molecule has 3 fully saturated rings. The third-order valence-electron chi connectivity index (χ3n) is 8.09. The number of Topliss-reactive ketones (excluding diaryl/α,β-unsaturated/α-hetero) is 1. The number of hydrogen-bond donors (Lipinski definition) is 0. The molecule has 2 aromatic heterocycles. The molecule has 0 N–H and O–H groups in total. The van der Waals surface area contributed by atoms with E-state index in [-0.39, 0.29) is 19.1 Å². The smallest absolute Gasteiger partial charge is 0.322 e. The van der Waals surface area contributed by atoms with Crippen molar-refractivity contribution in [2.45, 2.75) is 37.4 Å². The second-order valence-electron chi connectivity index (χ2n) is 9.72. The number of hydrogen-bond acceptors (Lipinski definition) is 9. The number of aromatic nitrogens is 2. The van der Waals surface area contributed by atoms with E-state index in [4.69, 9.17) is 9.47 Å². The fourth-order valence-electron chi connectivity index (χ4n) is 6.41. The predicted molar refractivity (Wildman–Crippen MR) is 125 cm³/mol. The monoisotopic (exact) mass is 478 g/mol. The van der Waals surface area contributed by atoms with E-state index in [0.717, 1.165) is 19.3 Å². The molecule has 2 saturated heterocycles. The highest BCUT2D eigenvalue weighted by Crippen LogP contribution is 2.60. The number of carbonyl (C=O) groups is 3. The third-order valence-corrected chi connectivity index (χ3v) is 8.09. The maximum Gasteiger partial charge on any atom is 0.322 e. The maximum absolute atomic E-state index is 14.7. The van der Waals surface area contributed by atoms with Gasteiger partial charge in [-0.05, 0) is 44.2 Å². The van der Waals surface area contributed by atoms with Crippen LogP contribution in [0.1, 0.15) is 42.7 Å². The molecule has 9 nitrogen and oxygen atoms in total. The molecule has 3 aliphatic rings. The second-order valence-corrected chi connectivity index (χ2v) is 9.72. The van der Waals surface area contributed by atoms with Crippen molar-refractivity contribution in [3.63, 3.8) is 0 Å². The Balaban J connectivity index is 1.82. The van der Waals surface area contributed by atoms with Crippen LogP contribution in [0.25, 0.3) is 0 Å². The number of carbonyl (C=O) groups excluding carboxylic acids is 3. The van der Waals surface area contributed by atoms with Crippen molar-refractivity contribution in [3.8, 4) is 0 Å². The minimum Gasteiger partial charge on any atom is -0.468 e. The molecule has 184 valence electrons. The van der Waals surface area contributed by atoms with E-state index in [0.29, 0.717) is 11.4 Å². The lowest BCUT2D eigenvalue weighted by molar-refractivity contribution is -0.207. The van der Waals surface area contributed by atoms with Crippen LogP contribution in [-0.2, 0) is 23.9 Å². The number of ketones is 1. The third kappa shape index (κ3) is 3.25. The summed E-state index contributed by atoms with van der Waals surface area (Å²) >= 11 is 0. The first-order valence-corrected chi connectivity index (χ1v) is 11.9. The Labute approximate surface area is 204 Å². The van der Waals surface area contributed by atoms with Crippen LogP contribution in [0.3, 0.4) is 0 Å². The van der Waals surface area contributed by atoms with Crippen LogP contribution in [0.4, 0.5) is 0 Å². The first-order chi connectivity index (χ1) is 16.9. The molecule has 0 spiro atoms. The summed E-state index contributed by atoms with van der Waals surface area (Å²) in [6, 6.07) is 9.49. The van der Waals surface area contributed by atoms with Gasteiger partial charge < -0.3 is 9.47 Å². The molecule has 5 rings (SSSR count). The van der Waals surface area contributed by atoms with E-state index in [9.17, 15) is 14.4 Å². The Kier molecular flexibility index (Phi) is 5.93. The quantitative estimate of drug-likeness (QED) is 0.471. The van der Waals surface area contributed by atoms with E-state index in [1.54, 1.807) is 24.5 Å². The minimum absolute atomic E-state index is 0.155. The van der Waals surface area contributed by atoms with Gasteiger partial charge in [0, 0.05) is 31.5 Å². The first kappa shape index (κ1) is 23.6. The number of esters is 2. The number of nitrogens with zero attached hydrogens (tertiary/aromatic N) is 4. The van der Waals surface area contributed by atoms with Gasteiger partial charge in [0.2, 0.25) is 0 Å². The van der Waals surface area contributed by atoms with Crippen molar-refractivity contribution in [1.29, 1.82) is 0 Å². The Morgan fingerprint density at radius 3 is 1.71 bits per heavy atom. The second kappa shape index (κ2) is 8.80. The molecule has 4 heterocycles. The molecule has 0 unspecified atom stereocenters. The molecule has 0 radical (unpaired) electrons. The highest BCUT2D eigenvalue weighted by molar-refractivity contribution is 6.17. The van der Waals surface area contributed by atoms with Crippen LogP contribution in [0, 0.1) is 10.8 Å². The number of rotatable bonds is 5. The van der Waals surface area contributed by atoms with Crippen molar-refractivity contribution in [3.05, 3.63) is 60.2 Å². The maximum atomic E-state index is 14.7. The van der Waals surface area contributed by atoms with Gasteiger partial charge in [-0.15, -0.1) is 0 Å². The molecule has 9 heteroatoms. The highest BCUT2D eigenvalue weighted by Gasteiger charge is 2.75. The van der Waals surface area contributed by atoms with Gasteiger partial charge in [-0.2, -0.15) is 0 Å². The zero-order valence-corrected chi connectivity index (χ0v) is 20.2. The summed E-state index contributed by atoms with van der Waals surface area (Å²) in [5.41, 5.74) is -2.21. The largest absolute Gasteiger partial charge is 0.468 e. The fourth-order valence-corrected chi connectivity index (χ4v) is 6.41. The Bertz CT molecular complexity index is 1050. The van der Waals surface area contributed by atoms with Gasteiger partial charge in [-0.25, -0.2) is 0 Å². The van der Waals surface area contributed by atoms with Crippen molar-refractivity contribution in [1.82, 2.24) is 19.8 Å². The Morgan fingerprint density at radius 1 is 0.886 bits per heavy atom. The Morgan fingerprint density at radius 2 is 1.37 bits per heavy atom. The van der Waals surface area contributed by atoms with E-state index in [1.165, 1.54) is 14.2 Å². The molecule has 2 bridgehead atoms. The van der Waals surface area contributed by atoms with Crippen LogP contribution >= 0.6 is 0 Å². The summed E-state index contributed by atoms with van der Waals surface area (Å²) < 4.78 is 10.6. The van der Waals surface area contributed by atoms with Crippen molar-refractivity contribution in [2.75, 3.05) is 34.4 Å². The summed E-state index contributed by atoms with van der Waals surface area (Å²) in [7, 11) is 4.39. The fraction of sp³-hybridized carbons (Fsp3) is 0.500. The van der Waals surface area contributed by atoms with Crippen LogP contribution in [-0.4, -0.2) is 77.9 Å². The normalized spacial score (nSPS) is 31.5. The number of methoxy groups -OCH3 is 2. The number of likely N-dealkylation sites (tertiary alicyclic amines) is 2. The molecule has 1 saturated carbocycles. The summed E-state index contributed by atoms with van der Waals surface area (Å²) in [4.78, 5) is 55.3. The minimum atomic E-state index is -1.66. The number of fused-ring (bicyclic) bond motifs is 2. The topological polar surface area (TPSA) is 102 Å². The van der Waals surface area contributed by atoms with Gasteiger partial charge >= 0.3 is 11.9 Å². The van der Waals surface area contributed by atoms with Crippen LogP contribution < -0.4 is 0 Å². The van der Waals surface area contributed by atoms with E-state index >= 15 is 0 Å². The highest BCUT2D eigenvalue weighted by atomic mass is 16.5. The average Bonchev–Trinajstić information content (AvgIpc) is 2.85. The lowest BCUT2D eigenvalue weighted by Crippen LogP contribution is -2.76. The number of piperidine rings is 2. The molecule has 1 aliphatic carbocycles. The van der Waals surface area contributed by atoms with Gasteiger partial charge in [0.1, 0.15) is 0 Å². The van der Waals surface area contributed by atoms with Gasteiger partial charge in [-0.1, -0.05) is 18.6 Å². The van der Waals surface area contributed by atoms with Crippen LogP contribution in [0.5, 0.6) is 0 Å². The molecule has 2 aromatic rings. The summed E-state index contributed by atoms with van der Waals surface area (Å²) in [6.07, 6.45) is 6.24. The summed E-state index contributed by atoms with van der Waals surface area (Å²) in [6.45, 7) is 0.310. The molecule has 2 aliphatic heterocycles. The lowest BCUT2D eigenvalue weighted by atomic mass is 9.54. The predicted octanol–water partition coefficient (Wildman–Crippen LogP) is 1.96. The molecule has 4 atom stereocenters. The standard InChI is InChI=1S/C26H30N4O5/c1-29-20(18-11-4-6-13-27-18)25(23(32)34-2)15-30(17-9-8-10-17)16-26(22(25)31,24(33)35-3)21(29)19-12-5-7-14-28-19/h4-7,11-14,17,20-21H,8-10,15-16H2,1-3H3/t20-,21+,25-,26+. The summed E-state index contributed by atoms with van der Waals surface area (Å²) in [5.74, 6) is -1.81.